The SMILES string of the molecule is O=C(NCC1CCC([C@@H](NC(=O)C2CC2)c2nccs2)CC1)C1CCCCC1. The highest BCUT2D eigenvalue weighted by molar-refractivity contribution is 7.09. The zero-order valence-corrected chi connectivity index (χ0v) is 17.5. The molecule has 0 aliphatic heterocycles. The Morgan fingerprint density at radius 3 is 2.32 bits per heavy atom. The van der Waals surface area contributed by atoms with Crippen LogP contribution in [0.1, 0.15) is 81.7 Å². The summed E-state index contributed by atoms with van der Waals surface area (Å²) in [5.41, 5.74) is 0. The van der Waals surface area contributed by atoms with Gasteiger partial charge in [-0.3, -0.25) is 9.59 Å². The molecule has 2 amide bonds. The van der Waals surface area contributed by atoms with E-state index in [1.54, 1.807) is 11.3 Å². The highest BCUT2D eigenvalue weighted by Crippen LogP contribution is 2.39. The Labute approximate surface area is 172 Å². The molecule has 5 nitrogen and oxygen atoms in total. The number of rotatable bonds is 7. The summed E-state index contributed by atoms with van der Waals surface area (Å²) in [6.45, 7) is 0.818. The molecular weight excluding hydrogens is 370 g/mol. The maximum atomic E-state index is 12.4. The molecule has 0 aromatic carbocycles. The van der Waals surface area contributed by atoms with E-state index >= 15 is 0 Å². The van der Waals surface area contributed by atoms with Crippen LogP contribution < -0.4 is 10.6 Å². The largest absolute Gasteiger partial charge is 0.356 e. The van der Waals surface area contributed by atoms with Crippen LogP contribution in [0.5, 0.6) is 0 Å². The van der Waals surface area contributed by atoms with E-state index in [4.69, 9.17) is 0 Å². The molecule has 2 N–H and O–H groups in total. The van der Waals surface area contributed by atoms with E-state index in [1.807, 2.05) is 11.6 Å². The highest BCUT2D eigenvalue weighted by atomic mass is 32.1. The molecule has 0 saturated heterocycles. The second-order valence-electron chi connectivity index (χ2n) is 8.99. The molecule has 0 radical (unpaired) electrons. The van der Waals surface area contributed by atoms with Gasteiger partial charge in [0.05, 0.1) is 6.04 Å². The number of thiazole rings is 1. The van der Waals surface area contributed by atoms with Crippen LogP contribution in [0.25, 0.3) is 0 Å². The molecule has 1 aromatic heterocycles. The Kier molecular flexibility index (Phi) is 6.65. The van der Waals surface area contributed by atoms with Crippen LogP contribution in [0.4, 0.5) is 0 Å². The van der Waals surface area contributed by atoms with Gasteiger partial charge in [0, 0.05) is 30.0 Å². The summed E-state index contributed by atoms with van der Waals surface area (Å²) >= 11 is 1.65. The molecule has 28 heavy (non-hydrogen) atoms. The lowest BCUT2D eigenvalue weighted by atomic mass is 9.78. The topological polar surface area (TPSA) is 71.1 Å². The van der Waals surface area contributed by atoms with Gasteiger partial charge in [-0.15, -0.1) is 11.3 Å². The maximum absolute atomic E-state index is 12.4. The quantitative estimate of drug-likeness (QED) is 0.716. The monoisotopic (exact) mass is 403 g/mol. The lowest BCUT2D eigenvalue weighted by Gasteiger charge is -2.34. The fraction of sp³-hybridized carbons (Fsp3) is 0.773. The summed E-state index contributed by atoms with van der Waals surface area (Å²) in [6, 6.07) is 0.0610. The van der Waals surface area contributed by atoms with Crippen LogP contribution in [0.15, 0.2) is 11.6 Å². The van der Waals surface area contributed by atoms with Gasteiger partial charge >= 0.3 is 0 Å². The molecule has 0 bridgehead atoms. The highest BCUT2D eigenvalue weighted by Gasteiger charge is 2.36. The van der Waals surface area contributed by atoms with Crippen molar-refractivity contribution in [2.24, 2.45) is 23.7 Å². The van der Waals surface area contributed by atoms with Crippen LogP contribution in [0.2, 0.25) is 0 Å². The first kappa shape index (κ1) is 19.9. The third-order valence-electron chi connectivity index (χ3n) is 6.87. The zero-order valence-electron chi connectivity index (χ0n) is 16.7. The number of carbonyl (C=O) groups is 2. The van der Waals surface area contributed by atoms with Crippen LogP contribution in [0, 0.1) is 23.7 Å². The molecule has 0 unspecified atom stereocenters. The first-order chi connectivity index (χ1) is 13.7. The molecule has 1 atom stereocenters. The van der Waals surface area contributed by atoms with Gasteiger partial charge in [-0.25, -0.2) is 4.98 Å². The Hall–Kier alpha value is -1.43. The normalized spacial score (nSPS) is 27.1. The second kappa shape index (κ2) is 9.38. The number of nitrogens with zero attached hydrogens (tertiary/aromatic N) is 1. The van der Waals surface area contributed by atoms with Crippen molar-refractivity contribution in [3.8, 4) is 0 Å². The molecule has 1 heterocycles. The van der Waals surface area contributed by atoms with Gasteiger partial charge in [-0.05, 0) is 63.2 Å². The molecule has 3 aliphatic rings. The third kappa shape index (κ3) is 5.13. The number of nitrogens with one attached hydrogen (secondary N) is 2. The molecule has 4 rings (SSSR count). The van der Waals surface area contributed by atoms with Crippen molar-refractivity contribution in [3.05, 3.63) is 16.6 Å². The lowest BCUT2D eigenvalue weighted by molar-refractivity contribution is -0.126. The Balaban J connectivity index is 1.25. The van der Waals surface area contributed by atoms with Crippen molar-refractivity contribution >= 4 is 23.2 Å². The maximum Gasteiger partial charge on any atom is 0.223 e. The summed E-state index contributed by atoms with van der Waals surface area (Å²) < 4.78 is 0. The number of carbonyl (C=O) groups excluding carboxylic acids is 2. The summed E-state index contributed by atoms with van der Waals surface area (Å²) in [5, 5.41) is 9.57. The molecule has 154 valence electrons. The van der Waals surface area contributed by atoms with E-state index in [9.17, 15) is 9.59 Å². The summed E-state index contributed by atoms with van der Waals surface area (Å²) in [5.74, 6) is 1.99. The molecule has 3 aliphatic carbocycles. The Morgan fingerprint density at radius 2 is 1.68 bits per heavy atom. The second-order valence-corrected chi connectivity index (χ2v) is 9.92. The summed E-state index contributed by atoms with van der Waals surface area (Å²) in [7, 11) is 0. The van der Waals surface area contributed by atoms with E-state index in [0.717, 1.165) is 62.9 Å². The average Bonchev–Trinajstić information content (AvgIpc) is 3.46. The van der Waals surface area contributed by atoms with Crippen LogP contribution in [0.3, 0.4) is 0 Å². The first-order valence-electron chi connectivity index (χ1n) is 11.2. The van der Waals surface area contributed by atoms with Crippen molar-refractivity contribution in [2.75, 3.05) is 6.54 Å². The van der Waals surface area contributed by atoms with E-state index in [-0.39, 0.29) is 29.7 Å². The van der Waals surface area contributed by atoms with Gasteiger partial charge < -0.3 is 10.6 Å². The molecule has 1 aromatic rings. The zero-order chi connectivity index (χ0) is 19.3. The van der Waals surface area contributed by atoms with Gasteiger partial charge in [0.25, 0.3) is 0 Å². The number of hydrogen-bond donors (Lipinski definition) is 2. The van der Waals surface area contributed by atoms with Crippen molar-refractivity contribution in [3.63, 3.8) is 0 Å². The summed E-state index contributed by atoms with van der Waals surface area (Å²) in [6.07, 6.45) is 14.2. The summed E-state index contributed by atoms with van der Waals surface area (Å²) in [4.78, 5) is 29.3. The molecule has 0 spiro atoms. The molecular formula is C22H33N3O2S. The van der Waals surface area contributed by atoms with E-state index < -0.39 is 0 Å². The molecule has 3 fully saturated rings. The predicted molar refractivity (Wildman–Crippen MR) is 111 cm³/mol. The number of aromatic nitrogens is 1. The minimum atomic E-state index is 0.0610. The van der Waals surface area contributed by atoms with Gasteiger partial charge in [0.2, 0.25) is 11.8 Å². The number of amides is 2. The predicted octanol–water partition coefficient (Wildman–Crippen LogP) is 4.21. The standard InChI is InChI=1S/C22H33N3O2S/c26-20(17-4-2-1-3-5-17)24-14-15-6-8-16(9-7-15)19(22-23-12-13-28-22)25-21(27)18-10-11-18/h12-13,15-19H,1-11,14H2,(H,24,26)(H,25,27)/t15?,16?,19-/m1/s1. The van der Waals surface area contributed by atoms with Crippen LogP contribution >= 0.6 is 11.3 Å². The van der Waals surface area contributed by atoms with Gasteiger partial charge in [0.1, 0.15) is 5.01 Å². The minimum Gasteiger partial charge on any atom is -0.356 e. The van der Waals surface area contributed by atoms with Crippen molar-refractivity contribution < 1.29 is 9.59 Å². The van der Waals surface area contributed by atoms with Crippen LogP contribution in [-0.2, 0) is 9.59 Å². The first-order valence-corrected chi connectivity index (χ1v) is 12.1. The molecule has 3 saturated carbocycles. The number of hydrogen-bond acceptors (Lipinski definition) is 4. The smallest absolute Gasteiger partial charge is 0.223 e. The molecule has 6 heteroatoms. The third-order valence-corrected chi connectivity index (χ3v) is 7.73. The van der Waals surface area contributed by atoms with Gasteiger partial charge in [0.15, 0.2) is 0 Å². The van der Waals surface area contributed by atoms with E-state index in [1.165, 1.54) is 19.3 Å². The van der Waals surface area contributed by atoms with Gasteiger partial charge in [-0.2, -0.15) is 0 Å². The average molecular weight is 404 g/mol. The van der Waals surface area contributed by atoms with E-state index in [2.05, 4.69) is 15.6 Å². The van der Waals surface area contributed by atoms with Crippen LogP contribution in [-0.4, -0.2) is 23.3 Å². The van der Waals surface area contributed by atoms with E-state index in [0.29, 0.717) is 11.8 Å². The van der Waals surface area contributed by atoms with Gasteiger partial charge in [-0.1, -0.05) is 19.3 Å². The van der Waals surface area contributed by atoms with Crippen molar-refractivity contribution in [1.82, 2.24) is 15.6 Å². The lowest BCUT2D eigenvalue weighted by Crippen LogP contribution is -2.39. The van der Waals surface area contributed by atoms with Crippen molar-refractivity contribution in [2.45, 2.75) is 76.7 Å². The minimum absolute atomic E-state index is 0.0610. The fourth-order valence-corrected chi connectivity index (χ4v) is 5.65. The fourth-order valence-electron chi connectivity index (χ4n) is 4.87. The Bertz CT molecular complexity index is 645. The van der Waals surface area contributed by atoms with Crippen molar-refractivity contribution in [1.29, 1.82) is 0 Å². The Morgan fingerprint density at radius 1 is 0.964 bits per heavy atom.